The molecule has 2 atom stereocenters. The van der Waals surface area contributed by atoms with E-state index in [1.54, 1.807) is 5.57 Å². The molecule has 3 aliphatic carbocycles. The Morgan fingerprint density at radius 3 is 2.68 bits per heavy atom. The SMILES string of the molecule is N#C/C(C(N)=O)=c1/cc(NC2CCCCC2)cc2c1=N[C@]13CCCC[C@H]1CC1=C(CCCC1)N23. The Labute approximate surface area is 201 Å². The van der Waals surface area contributed by atoms with Gasteiger partial charge in [0.15, 0.2) is 0 Å². The topological polar surface area (TPSA) is 94.5 Å². The summed E-state index contributed by atoms with van der Waals surface area (Å²) in [6.07, 6.45) is 16.7. The minimum absolute atomic E-state index is 0.0220. The summed E-state index contributed by atoms with van der Waals surface area (Å²) < 4.78 is 0. The van der Waals surface area contributed by atoms with Crippen molar-refractivity contribution in [3.63, 3.8) is 0 Å². The van der Waals surface area contributed by atoms with Gasteiger partial charge in [0.05, 0.1) is 11.0 Å². The maximum absolute atomic E-state index is 12.3. The van der Waals surface area contributed by atoms with Gasteiger partial charge in [-0.15, -0.1) is 0 Å². The number of nitrogens with two attached hydrogens (primary N) is 1. The Bertz CT molecular complexity index is 1220. The molecule has 34 heavy (non-hydrogen) atoms. The largest absolute Gasteiger partial charge is 0.382 e. The number of allylic oxidation sites excluding steroid dienone is 2. The molecular formula is C28H35N5O. The van der Waals surface area contributed by atoms with Crippen LogP contribution in [0.3, 0.4) is 0 Å². The van der Waals surface area contributed by atoms with Gasteiger partial charge in [0.1, 0.15) is 17.3 Å². The first-order valence-electron chi connectivity index (χ1n) is 13.4. The molecule has 0 radical (unpaired) electrons. The highest BCUT2D eigenvalue weighted by atomic mass is 16.1. The molecule has 1 aromatic rings. The molecule has 0 saturated heterocycles. The van der Waals surface area contributed by atoms with Crippen molar-refractivity contribution in [1.29, 1.82) is 5.26 Å². The molecule has 2 heterocycles. The van der Waals surface area contributed by atoms with E-state index in [9.17, 15) is 10.1 Å². The number of nitrogens with zero attached hydrogens (tertiary/aromatic N) is 3. The van der Waals surface area contributed by atoms with Gasteiger partial charge in [0, 0.05) is 28.6 Å². The van der Waals surface area contributed by atoms with Gasteiger partial charge in [-0.05, 0) is 76.3 Å². The minimum atomic E-state index is -0.671. The predicted octanol–water partition coefficient (Wildman–Crippen LogP) is 4.15. The van der Waals surface area contributed by atoms with Crippen LogP contribution >= 0.6 is 0 Å². The van der Waals surface area contributed by atoms with Crippen molar-refractivity contribution in [2.45, 2.75) is 102 Å². The first-order chi connectivity index (χ1) is 16.6. The molecule has 1 aromatic carbocycles. The fraction of sp³-hybridized carbons (Fsp3) is 0.607. The molecule has 6 rings (SSSR count). The summed E-state index contributed by atoms with van der Waals surface area (Å²) in [5, 5.41) is 15.1. The second-order valence-corrected chi connectivity index (χ2v) is 11.0. The number of fused-ring (bicyclic) bond motifs is 3. The van der Waals surface area contributed by atoms with Crippen LogP contribution in [0.1, 0.15) is 89.9 Å². The van der Waals surface area contributed by atoms with Gasteiger partial charge in [0.25, 0.3) is 5.91 Å². The van der Waals surface area contributed by atoms with Gasteiger partial charge < -0.3 is 16.0 Å². The van der Waals surface area contributed by atoms with E-state index in [-0.39, 0.29) is 11.2 Å². The lowest BCUT2D eigenvalue weighted by atomic mass is 9.70. The molecule has 178 valence electrons. The van der Waals surface area contributed by atoms with Gasteiger partial charge in [0.2, 0.25) is 0 Å². The summed E-state index contributed by atoms with van der Waals surface area (Å²) >= 11 is 0. The molecule has 5 aliphatic rings. The fourth-order valence-corrected chi connectivity index (χ4v) is 7.40. The van der Waals surface area contributed by atoms with E-state index in [1.165, 1.54) is 63.5 Å². The van der Waals surface area contributed by atoms with E-state index < -0.39 is 5.91 Å². The number of nitriles is 1. The van der Waals surface area contributed by atoms with Crippen molar-refractivity contribution >= 4 is 22.9 Å². The van der Waals surface area contributed by atoms with Crippen LogP contribution in [0, 0.1) is 17.2 Å². The van der Waals surface area contributed by atoms with Gasteiger partial charge in [-0.2, -0.15) is 5.26 Å². The standard InChI is InChI=1S/C28H35N5O/c29-17-23(27(30)34)22-15-21(31-20-10-2-1-3-11-20)16-25-26(22)32-28-13-7-6-9-19(28)14-18-8-4-5-12-24(18)33(25)28/h15-16,19-20,31H,1-14H2,(H2,30,34)/b23-22+/t19-,28-/m0/s1. The van der Waals surface area contributed by atoms with Crippen molar-refractivity contribution in [1.82, 2.24) is 0 Å². The fourth-order valence-electron chi connectivity index (χ4n) is 7.40. The molecule has 0 aromatic heterocycles. The van der Waals surface area contributed by atoms with Crippen LogP contribution in [-0.2, 0) is 4.79 Å². The molecule has 0 bridgehead atoms. The number of hydrogen-bond donors (Lipinski definition) is 2. The number of nitrogens with one attached hydrogen (secondary N) is 1. The highest BCUT2D eigenvalue weighted by molar-refractivity contribution is 6.17. The Kier molecular flexibility index (Phi) is 5.39. The third kappa shape index (κ3) is 3.35. The Balaban J connectivity index is 1.59. The quantitative estimate of drug-likeness (QED) is 0.713. The predicted molar refractivity (Wildman–Crippen MR) is 133 cm³/mol. The monoisotopic (exact) mass is 457 g/mol. The Morgan fingerprint density at radius 1 is 1.09 bits per heavy atom. The maximum Gasteiger partial charge on any atom is 0.260 e. The lowest BCUT2D eigenvalue weighted by molar-refractivity contribution is -0.112. The zero-order chi connectivity index (χ0) is 23.3. The first kappa shape index (κ1) is 21.7. The van der Waals surface area contributed by atoms with Gasteiger partial charge in [-0.1, -0.05) is 31.3 Å². The maximum atomic E-state index is 12.3. The van der Waals surface area contributed by atoms with Crippen molar-refractivity contribution in [2.75, 3.05) is 10.2 Å². The molecule has 6 nitrogen and oxygen atoms in total. The van der Waals surface area contributed by atoms with Gasteiger partial charge in [-0.3, -0.25) is 9.79 Å². The molecular weight excluding hydrogens is 422 g/mol. The van der Waals surface area contributed by atoms with Gasteiger partial charge in [-0.25, -0.2) is 0 Å². The number of carbonyl (C=O) groups is 1. The number of carbonyl (C=O) groups excluding carboxylic acids is 1. The smallest absolute Gasteiger partial charge is 0.260 e. The third-order valence-electron chi connectivity index (χ3n) is 8.94. The number of anilines is 2. The molecule has 2 aliphatic heterocycles. The summed E-state index contributed by atoms with van der Waals surface area (Å²) in [5.41, 5.74) is 10.6. The van der Waals surface area contributed by atoms with E-state index >= 15 is 0 Å². The van der Waals surface area contributed by atoms with Crippen LogP contribution in [0.5, 0.6) is 0 Å². The van der Waals surface area contributed by atoms with Crippen molar-refractivity contribution in [3.8, 4) is 6.07 Å². The number of primary amides is 1. The molecule has 6 heteroatoms. The van der Waals surface area contributed by atoms with Crippen LogP contribution in [0.25, 0.3) is 5.57 Å². The normalized spacial score (nSPS) is 29.1. The average Bonchev–Trinajstić information content (AvgIpc) is 3.18. The first-order valence-corrected chi connectivity index (χ1v) is 13.4. The summed E-state index contributed by atoms with van der Waals surface area (Å²) in [6.45, 7) is 0. The van der Waals surface area contributed by atoms with Crippen LogP contribution < -0.4 is 26.5 Å². The Hall–Kier alpha value is -2.81. The van der Waals surface area contributed by atoms with E-state index in [0.29, 0.717) is 17.2 Å². The number of hydrogen-bond acceptors (Lipinski definition) is 5. The highest BCUT2D eigenvalue weighted by Crippen LogP contribution is 2.54. The van der Waals surface area contributed by atoms with Crippen molar-refractivity contribution in [2.24, 2.45) is 16.6 Å². The molecule has 1 amide bonds. The Morgan fingerprint density at radius 2 is 1.88 bits per heavy atom. The van der Waals surface area contributed by atoms with Gasteiger partial charge >= 0.3 is 0 Å². The summed E-state index contributed by atoms with van der Waals surface area (Å²) in [5.74, 6) is -0.179. The molecule has 1 spiro atoms. The number of rotatable bonds is 3. The van der Waals surface area contributed by atoms with Crippen LogP contribution in [-0.4, -0.2) is 17.6 Å². The van der Waals surface area contributed by atoms with Crippen LogP contribution in [0.2, 0.25) is 0 Å². The molecule has 3 N–H and O–H groups in total. The highest BCUT2D eigenvalue weighted by Gasteiger charge is 2.53. The number of benzene rings is 1. The summed E-state index contributed by atoms with van der Waals surface area (Å²) in [7, 11) is 0. The van der Waals surface area contributed by atoms with Crippen molar-refractivity contribution in [3.05, 3.63) is 34.0 Å². The zero-order valence-corrected chi connectivity index (χ0v) is 20.0. The minimum Gasteiger partial charge on any atom is -0.382 e. The third-order valence-corrected chi connectivity index (χ3v) is 8.94. The average molecular weight is 458 g/mol. The second-order valence-electron chi connectivity index (χ2n) is 11.0. The number of amides is 1. The van der Waals surface area contributed by atoms with E-state index in [2.05, 4.69) is 22.4 Å². The summed E-state index contributed by atoms with van der Waals surface area (Å²) in [4.78, 5) is 20.3. The van der Waals surface area contributed by atoms with Crippen LogP contribution in [0.15, 0.2) is 28.4 Å². The van der Waals surface area contributed by atoms with Crippen LogP contribution in [0.4, 0.5) is 11.4 Å². The lowest BCUT2D eigenvalue weighted by Gasteiger charge is -2.52. The second kappa shape index (κ2) is 8.45. The lowest BCUT2D eigenvalue weighted by Crippen LogP contribution is -2.55. The van der Waals surface area contributed by atoms with E-state index in [1.807, 2.05) is 6.07 Å². The van der Waals surface area contributed by atoms with E-state index in [0.717, 1.165) is 48.8 Å². The summed E-state index contributed by atoms with van der Waals surface area (Å²) in [6, 6.07) is 6.75. The zero-order valence-electron chi connectivity index (χ0n) is 20.0. The molecule has 2 fully saturated rings. The van der Waals surface area contributed by atoms with E-state index in [4.69, 9.17) is 10.7 Å². The molecule has 2 saturated carbocycles. The van der Waals surface area contributed by atoms with Crippen molar-refractivity contribution < 1.29 is 4.79 Å². The molecule has 0 unspecified atom stereocenters.